The average Bonchev–Trinajstić information content (AvgIpc) is 2.62. The third kappa shape index (κ3) is 4.02. The molecule has 0 spiro atoms. The molecule has 1 fully saturated rings. The molecule has 1 heterocycles. The zero-order valence-electron chi connectivity index (χ0n) is 14.0. The summed E-state index contributed by atoms with van der Waals surface area (Å²) in [6.07, 6.45) is 0. The van der Waals surface area contributed by atoms with Gasteiger partial charge in [0, 0.05) is 42.3 Å². The fraction of sp³-hybridized carbons (Fsp3) is 0.368. The van der Waals surface area contributed by atoms with Crippen LogP contribution in [0.15, 0.2) is 48.5 Å². The monoisotopic (exact) mass is 437 g/mol. The van der Waals surface area contributed by atoms with Crippen molar-refractivity contribution < 1.29 is 4.74 Å². The van der Waals surface area contributed by atoms with E-state index < -0.39 is 0 Å². The van der Waals surface area contributed by atoms with Crippen LogP contribution >= 0.6 is 22.6 Å². The molecule has 1 unspecified atom stereocenters. The number of benzene rings is 2. The van der Waals surface area contributed by atoms with Gasteiger partial charge in [0.2, 0.25) is 0 Å². The van der Waals surface area contributed by atoms with Crippen molar-refractivity contribution in [2.45, 2.75) is 6.04 Å². The van der Waals surface area contributed by atoms with Crippen molar-refractivity contribution in [1.29, 1.82) is 0 Å². The highest BCUT2D eigenvalue weighted by atomic mass is 127. The lowest BCUT2D eigenvalue weighted by atomic mass is 10.1. The van der Waals surface area contributed by atoms with E-state index in [1.807, 2.05) is 12.1 Å². The molecular weight excluding hydrogens is 413 g/mol. The molecule has 0 aromatic heterocycles. The fourth-order valence-electron chi connectivity index (χ4n) is 3.21. The third-order valence-corrected chi connectivity index (χ3v) is 5.54. The molecule has 1 atom stereocenters. The summed E-state index contributed by atoms with van der Waals surface area (Å²) in [4.78, 5) is 4.85. The summed E-state index contributed by atoms with van der Waals surface area (Å²) in [5.41, 5.74) is 8.86. The van der Waals surface area contributed by atoms with Crippen molar-refractivity contribution in [3.63, 3.8) is 0 Å². The highest BCUT2D eigenvalue weighted by molar-refractivity contribution is 14.1. The number of nitrogens with two attached hydrogens (primary N) is 1. The van der Waals surface area contributed by atoms with Crippen LogP contribution in [0.1, 0.15) is 11.6 Å². The normalized spacial score (nSPS) is 16.9. The van der Waals surface area contributed by atoms with Crippen LogP contribution in [-0.2, 0) is 0 Å². The summed E-state index contributed by atoms with van der Waals surface area (Å²) < 4.78 is 6.73. The van der Waals surface area contributed by atoms with Crippen LogP contribution in [0, 0.1) is 3.57 Å². The van der Waals surface area contributed by atoms with Crippen molar-refractivity contribution in [3.05, 3.63) is 57.7 Å². The summed E-state index contributed by atoms with van der Waals surface area (Å²) in [5, 5.41) is 0. The maximum Gasteiger partial charge on any atom is 0.142 e. The van der Waals surface area contributed by atoms with E-state index in [1.165, 1.54) is 14.8 Å². The van der Waals surface area contributed by atoms with E-state index in [4.69, 9.17) is 10.5 Å². The molecule has 1 aliphatic rings. The van der Waals surface area contributed by atoms with E-state index in [-0.39, 0.29) is 6.04 Å². The molecular formula is C19H24IN3O. The van der Waals surface area contributed by atoms with Crippen molar-refractivity contribution >= 4 is 28.3 Å². The second-order valence-electron chi connectivity index (χ2n) is 6.09. The molecule has 0 bridgehead atoms. The Morgan fingerprint density at radius 3 is 2.42 bits per heavy atom. The van der Waals surface area contributed by atoms with Crippen LogP contribution < -0.4 is 15.4 Å². The van der Waals surface area contributed by atoms with Crippen LogP contribution in [0.3, 0.4) is 0 Å². The molecule has 128 valence electrons. The molecule has 4 nitrogen and oxygen atoms in total. The van der Waals surface area contributed by atoms with Gasteiger partial charge in [-0.05, 0) is 46.4 Å². The molecule has 3 rings (SSSR count). The maximum absolute atomic E-state index is 6.44. The molecule has 0 amide bonds. The van der Waals surface area contributed by atoms with Crippen molar-refractivity contribution in [1.82, 2.24) is 4.90 Å². The number of para-hydroxylation sites is 2. The summed E-state index contributed by atoms with van der Waals surface area (Å²) in [5.74, 6) is 0.946. The van der Waals surface area contributed by atoms with Gasteiger partial charge in [-0.15, -0.1) is 0 Å². The van der Waals surface area contributed by atoms with E-state index >= 15 is 0 Å². The van der Waals surface area contributed by atoms with E-state index in [9.17, 15) is 0 Å². The largest absolute Gasteiger partial charge is 0.495 e. The molecule has 2 N–H and O–H groups in total. The van der Waals surface area contributed by atoms with Gasteiger partial charge in [-0.2, -0.15) is 0 Å². The lowest BCUT2D eigenvalue weighted by Gasteiger charge is -2.37. The first-order chi connectivity index (χ1) is 11.7. The third-order valence-electron chi connectivity index (χ3n) is 4.56. The van der Waals surface area contributed by atoms with Gasteiger partial charge in [0.05, 0.1) is 12.8 Å². The number of halogens is 1. The minimum Gasteiger partial charge on any atom is -0.495 e. The zero-order valence-corrected chi connectivity index (χ0v) is 16.1. The van der Waals surface area contributed by atoms with Crippen LogP contribution in [0.2, 0.25) is 0 Å². The van der Waals surface area contributed by atoms with Crippen LogP contribution in [-0.4, -0.2) is 44.7 Å². The molecule has 0 saturated carbocycles. The number of methoxy groups -OCH3 is 1. The van der Waals surface area contributed by atoms with Gasteiger partial charge in [-0.1, -0.05) is 30.3 Å². The van der Waals surface area contributed by atoms with Gasteiger partial charge in [0.1, 0.15) is 5.75 Å². The smallest absolute Gasteiger partial charge is 0.142 e. The van der Waals surface area contributed by atoms with Gasteiger partial charge in [0.25, 0.3) is 0 Å². The van der Waals surface area contributed by atoms with Crippen molar-refractivity contribution in [2.24, 2.45) is 5.73 Å². The topological polar surface area (TPSA) is 41.7 Å². The van der Waals surface area contributed by atoms with Crippen LogP contribution in [0.4, 0.5) is 5.69 Å². The summed E-state index contributed by atoms with van der Waals surface area (Å²) in [7, 11) is 1.73. The predicted molar refractivity (Wildman–Crippen MR) is 108 cm³/mol. The summed E-state index contributed by atoms with van der Waals surface area (Å²) >= 11 is 2.37. The minimum atomic E-state index is 0.0657. The molecule has 0 aliphatic carbocycles. The summed E-state index contributed by atoms with van der Waals surface area (Å²) in [6.45, 7) is 4.95. The second-order valence-corrected chi connectivity index (χ2v) is 7.25. The second kappa shape index (κ2) is 8.18. The highest BCUT2D eigenvalue weighted by Gasteiger charge is 2.21. The van der Waals surface area contributed by atoms with E-state index in [0.717, 1.165) is 38.5 Å². The Morgan fingerprint density at radius 2 is 1.71 bits per heavy atom. The first-order valence-corrected chi connectivity index (χ1v) is 9.37. The van der Waals surface area contributed by atoms with Gasteiger partial charge >= 0.3 is 0 Å². The number of hydrogen-bond donors (Lipinski definition) is 1. The zero-order chi connectivity index (χ0) is 16.9. The number of ether oxygens (including phenoxy) is 1. The Hall–Kier alpha value is -1.31. The fourth-order valence-corrected chi connectivity index (χ4v) is 4.00. The molecule has 0 radical (unpaired) electrons. The molecule has 5 heteroatoms. The van der Waals surface area contributed by atoms with E-state index in [2.05, 4.69) is 68.8 Å². The number of anilines is 1. The van der Waals surface area contributed by atoms with Gasteiger partial charge in [-0.25, -0.2) is 0 Å². The lowest BCUT2D eigenvalue weighted by molar-refractivity contribution is 0.242. The van der Waals surface area contributed by atoms with E-state index in [0.29, 0.717) is 0 Å². The Kier molecular flexibility index (Phi) is 5.97. The molecule has 24 heavy (non-hydrogen) atoms. The number of rotatable bonds is 5. The quantitative estimate of drug-likeness (QED) is 0.731. The predicted octanol–water partition coefficient (Wildman–Crippen LogP) is 3.12. The van der Waals surface area contributed by atoms with Gasteiger partial charge in [-0.3, -0.25) is 4.90 Å². The standard InChI is InChI=1S/C19H24IN3O/c1-24-19-9-5-4-8-18(19)23-12-10-22(11-13-23)14-17(21)15-6-2-3-7-16(15)20/h2-9,17H,10-14,21H2,1H3. The Labute approximate surface area is 157 Å². The summed E-state index contributed by atoms with van der Waals surface area (Å²) in [6, 6.07) is 16.7. The molecule has 1 saturated heterocycles. The minimum absolute atomic E-state index is 0.0657. The average molecular weight is 437 g/mol. The Morgan fingerprint density at radius 1 is 1.04 bits per heavy atom. The first-order valence-electron chi connectivity index (χ1n) is 8.29. The Balaban J connectivity index is 1.58. The van der Waals surface area contributed by atoms with Gasteiger partial charge in [0.15, 0.2) is 0 Å². The van der Waals surface area contributed by atoms with Crippen LogP contribution in [0.25, 0.3) is 0 Å². The van der Waals surface area contributed by atoms with Gasteiger partial charge < -0.3 is 15.4 Å². The van der Waals surface area contributed by atoms with E-state index in [1.54, 1.807) is 7.11 Å². The SMILES string of the molecule is COc1ccccc1N1CCN(CC(N)c2ccccc2I)CC1. The Bertz CT molecular complexity index is 671. The van der Waals surface area contributed by atoms with Crippen molar-refractivity contribution in [3.8, 4) is 5.75 Å². The van der Waals surface area contributed by atoms with Crippen molar-refractivity contribution in [2.75, 3.05) is 44.7 Å². The molecule has 2 aromatic carbocycles. The first kappa shape index (κ1) is 17.5. The molecule has 2 aromatic rings. The van der Waals surface area contributed by atoms with Crippen LogP contribution in [0.5, 0.6) is 5.75 Å². The number of nitrogens with zero attached hydrogens (tertiary/aromatic N) is 2. The number of piperazine rings is 1. The maximum atomic E-state index is 6.44. The highest BCUT2D eigenvalue weighted by Crippen LogP contribution is 2.28. The molecule has 1 aliphatic heterocycles. The number of hydrogen-bond acceptors (Lipinski definition) is 4. The lowest BCUT2D eigenvalue weighted by Crippen LogP contribution is -2.48.